The van der Waals surface area contributed by atoms with Gasteiger partial charge in [-0.2, -0.15) is 8.42 Å². The summed E-state index contributed by atoms with van der Waals surface area (Å²) in [6.45, 7) is 0. The van der Waals surface area contributed by atoms with Gasteiger partial charge in [0.25, 0.3) is 10.1 Å². The fraction of sp³-hybridized carbons (Fsp3) is 0.400. The van der Waals surface area contributed by atoms with Gasteiger partial charge in [-0.05, 0) is 0 Å². The van der Waals surface area contributed by atoms with Crippen LogP contribution < -0.4 is 0 Å². The minimum absolute atomic E-state index is 0. The monoisotopic (exact) mass is 204 g/mol. The van der Waals surface area contributed by atoms with E-state index in [4.69, 9.17) is 9.66 Å². The molecule has 0 radical (unpaired) electrons. The Hall–Kier alpha value is 0.120. The first-order valence-corrected chi connectivity index (χ1v) is 4.34. The Morgan fingerprint density at radius 3 is 2.17 bits per heavy atom. The fourth-order valence-electron chi connectivity index (χ4n) is 0.374. The first kappa shape index (κ1) is 14.6. The molecule has 0 rings (SSSR count). The molecule has 2 N–H and O–H groups in total. The SMILES string of the molecule is O=C(O)CC=CCS(=O)(=O)O.[NaH]. The number of aliphatic carboxylic acids is 1. The second-order valence-electron chi connectivity index (χ2n) is 1.82. The predicted octanol–water partition coefficient (Wildman–Crippen LogP) is -0.743. The summed E-state index contributed by atoms with van der Waals surface area (Å²) in [6, 6.07) is 0. The molecule has 0 aliphatic carbocycles. The quantitative estimate of drug-likeness (QED) is 0.357. The molecule has 0 aliphatic heterocycles. The van der Waals surface area contributed by atoms with Crippen molar-refractivity contribution in [3.63, 3.8) is 0 Å². The molecule has 66 valence electrons. The van der Waals surface area contributed by atoms with Gasteiger partial charge in [0.15, 0.2) is 0 Å². The van der Waals surface area contributed by atoms with Gasteiger partial charge < -0.3 is 5.11 Å². The van der Waals surface area contributed by atoms with Gasteiger partial charge in [0.1, 0.15) is 0 Å². The molecule has 0 aromatic heterocycles. The van der Waals surface area contributed by atoms with Crippen molar-refractivity contribution in [3.8, 4) is 0 Å². The number of carboxylic acid groups (broad SMARTS) is 1. The van der Waals surface area contributed by atoms with Crippen LogP contribution in [0.5, 0.6) is 0 Å². The summed E-state index contributed by atoms with van der Waals surface area (Å²) in [5.41, 5.74) is 0. The Morgan fingerprint density at radius 2 is 1.83 bits per heavy atom. The third kappa shape index (κ3) is 12.8. The van der Waals surface area contributed by atoms with Crippen LogP contribution in [-0.4, -0.2) is 59.4 Å². The average molecular weight is 204 g/mol. The van der Waals surface area contributed by atoms with Crippen molar-refractivity contribution in [2.75, 3.05) is 5.75 Å². The van der Waals surface area contributed by atoms with Gasteiger partial charge in [-0.1, -0.05) is 12.2 Å². The Morgan fingerprint density at radius 1 is 1.33 bits per heavy atom. The molecular formula is C5H9NaO5S. The molecular weight excluding hydrogens is 195 g/mol. The van der Waals surface area contributed by atoms with E-state index in [9.17, 15) is 13.2 Å². The molecule has 0 heterocycles. The first-order valence-electron chi connectivity index (χ1n) is 2.74. The molecule has 0 aromatic rings. The minimum atomic E-state index is -4.00. The molecule has 0 saturated carbocycles. The van der Waals surface area contributed by atoms with Crippen LogP contribution in [0.4, 0.5) is 0 Å². The topological polar surface area (TPSA) is 91.7 Å². The number of hydrogen-bond acceptors (Lipinski definition) is 3. The summed E-state index contributed by atoms with van der Waals surface area (Å²) in [6.07, 6.45) is 2.01. The van der Waals surface area contributed by atoms with E-state index in [1.165, 1.54) is 0 Å². The van der Waals surface area contributed by atoms with Crippen LogP contribution in [0.2, 0.25) is 0 Å². The number of carboxylic acids is 1. The van der Waals surface area contributed by atoms with E-state index in [0.29, 0.717) is 0 Å². The van der Waals surface area contributed by atoms with Crippen molar-refractivity contribution in [1.29, 1.82) is 0 Å². The molecule has 0 saturated heterocycles. The second kappa shape index (κ2) is 6.62. The third-order valence-electron chi connectivity index (χ3n) is 0.766. The summed E-state index contributed by atoms with van der Waals surface area (Å²) >= 11 is 0. The maximum absolute atomic E-state index is 10.0. The summed E-state index contributed by atoms with van der Waals surface area (Å²) in [5.74, 6) is -1.59. The zero-order chi connectivity index (χ0) is 8.91. The van der Waals surface area contributed by atoms with E-state index < -0.39 is 21.8 Å². The molecule has 0 unspecified atom stereocenters. The molecule has 7 heteroatoms. The molecule has 0 bridgehead atoms. The maximum atomic E-state index is 10.0. The van der Waals surface area contributed by atoms with Gasteiger partial charge in [-0.15, -0.1) is 0 Å². The summed E-state index contributed by atoms with van der Waals surface area (Å²) in [5, 5.41) is 8.08. The van der Waals surface area contributed by atoms with Crippen LogP contribution in [-0.2, 0) is 14.9 Å². The third-order valence-corrected chi connectivity index (χ3v) is 1.38. The molecule has 0 atom stereocenters. The molecule has 0 spiro atoms. The van der Waals surface area contributed by atoms with Crippen molar-refractivity contribution in [2.24, 2.45) is 0 Å². The van der Waals surface area contributed by atoms with E-state index in [-0.39, 0.29) is 36.0 Å². The molecule has 0 aromatic carbocycles. The van der Waals surface area contributed by atoms with Gasteiger partial charge in [0, 0.05) is 0 Å². The van der Waals surface area contributed by atoms with Crippen molar-refractivity contribution in [2.45, 2.75) is 6.42 Å². The zero-order valence-corrected chi connectivity index (χ0v) is 6.41. The van der Waals surface area contributed by atoms with Gasteiger partial charge >= 0.3 is 35.5 Å². The molecule has 5 nitrogen and oxygen atoms in total. The van der Waals surface area contributed by atoms with Crippen LogP contribution in [0.3, 0.4) is 0 Å². The van der Waals surface area contributed by atoms with Gasteiger partial charge in [0.05, 0.1) is 12.2 Å². The second-order valence-corrected chi connectivity index (χ2v) is 3.32. The molecule has 0 amide bonds. The normalized spacial score (nSPS) is 11.1. The molecule has 0 fully saturated rings. The van der Waals surface area contributed by atoms with Crippen molar-refractivity contribution >= 4 is 45.6 Å². The number of hydrogen-bond donors (Lipinski definition) is 2. The van der Waals surface area contributed by atoms with Gasteiger partial charge in [0.2, 0.25) is 0 Å². The van der Waals surface area contributed by atoms with Crippen LogP contribution in [0.25, 0.3) is 0 Å². The zero-order valence-electron chi connectivity index (χ0n) is 5.60. The first-order chi connectivity index (χ1) is 4.92. The fourth-order valence-corrected chi connectivity index (χ4v) is 0.753. The van der Waals surface area contributed by atoms with Crippen molar-refractivity contribution in [1.82, 2.24) is 0 Å². The van der Waals surface area contributed by atoms with Crippen LogP contribution >= 0.6 is 0 Å². The Balaban J connectivity index is 0. The van der Waals surface area contributed by atoms with Gasteiger partial charge in [-0.25, -0.2) is 0 Å². The van der Waals surface area contributed by atoms with E-state index in [1.807, 2.05) is 0 Å². The van der Waals surface area contributed by atoms with Gasteiger partial charge in [-0.3, -0.25) is 9.35 Å². The Bertz CT molecular complexity index is 255. The summed E-state index contributed by atoms with van der Waals surface area (Å²) < 4.78 is 28.2. The standard InChI is InChI=1S/C5H8O5S.Na.H/c6-5(7)3-1-2-4-11(8,9)10;;/h1-2H,3-4H2,(H,6,7)(H,8,9,10);;. The van der Waals surface area contributed by atoms with E-state index in [1.54, 1.807) is 0 Å². The van der Waals surface area contributed by atoms with E-state index >= 15 is 0 Å². The van der Waals surface area contributed by atoms with Crippen LogP contribution in [0.15, 0.2) is 12.2 Å². The molecule has 0 aliphatic rings. The van der Waals surface area contributed by atoms with E-state index in [2.05, 4.69) is 0 Å². The van der Waals surface area contributed by atoms with Crippen LogP contribution in [0, 0.1) is 0 Å². The van der Waals surface area contributed by atoms with Crippen molar-refractivity contribution in [3.05, 3.63) is 12.2 Å². The number of rotatable bonds is 4. The van der Waals surface area contributed by atoms with Crippen LogP contribution in [0.1, 0.15) is 6.42 Å². The average Bonchev–Trinajstić information content (AvgIpc) is 1.78. The summed E-state index contributed by atoms with van der Waals surface area (Å²) in [4.78, 5) is 9.86. The Kier molecular flexibility index (Phi) is 8.07. The predicted molar refractivity (Wildman–Crippen MR) is 45.0 cm³/mol. The Labute approximate surface area is 92.5 Å². The molecule has 12 heavy (non-hydrogen) atoms. The van der Waals surface area contributed by atoms with Crippen molar-refractivity contribution < 1.29 is 22.9 Å². The van der Waals surface area contributed by atoms with E-state index in [0.717, 1.165) is 12.2 Å². The number of carbonyl (C=O) groups is 1. The summed E-state index contributed by atoms with van der Waals surface area (Å²) in [7, 11) is -4.00.